The Bertz CT molecular complexity index is 550. The number of hydrogen-bond acceptors (Lipinski definition) is 3. The van der Waals surface area contributed by atoms with Crippen LogP contribution in [0.15, 0.2) is 24.3 Å². The maximum Gasteiger partial charge on any atom is 0.328 e. The van der Waals surface area contributed by atoms with Gasteiger partial charge in [0.1, 0.15) is 12.1 Å². The molecular formula is C12H11N3O3. The molecule has 0 aliphatic carbocycles. The van der Waals surface area contributed by atoms with Crippen LogP contribution in [0.1, 0.15) is 5.56 Å². The molecule has 1 aliphatic rings. The van der Waals surface area contributed by atoms with Gasteiger partial charge in [-0.15, -0.1) is 0 Å². The second-order valence-electron chi connectivity index (χ2n) is 3.99. The van der Waals surface area contributed by atoms with Crippen LogP contribution in [0.4, 0.5) is 10.5 Å². The minimum Gasteiger partial charge on any atom is -0.480 e. The number of nitrogens with zero attached hydrogens (tertiary/aromatic N) is 3. The zero-order valence-electron chi connectivity index (χ0n) is 9.70. The molecule has 1 saturated heterocycles. The first kappa shape index (κ1) is 11.9. The third-order valence-corrected chi connectivity index (χ3v) is 2.96. The highest BCUT2D eigenvalue weighted by molar-refractivity contribution is 5.99. The van der Waals surface area contributed by atoms with E-state index in [1.807, 2.05) is 6.07 Å². The van der Waals surface area contributed by atoms with Gasteiger partial charge in [-0.1, -0.05) is 12.1 Å². The van der Waals surface area contributed by atoms with E-state index in [0.29, 0.717) is 11.3 Å². The fraction of sp³-hybridized carbons (Fsp3) is 0.250. The van der Waals surface area contributed by atoms with E-state index in [1.165, 1.54) is 11.9 Å². The monoisotopic (exact) mass is 245 g/mol. The number of nitriles is 1. The van der Waals surface area contributed by atoms with Crippen molar-refractivity contribution in [2.45, 2.75) is 6.04 Å². The lowest BCUT2D eigenvalue weighted by atomic mass is 10.2. The number of rotatable bonds is 2. The number of hydrogen-bond donors (Lipinski definition) is 1. The average molecular weight is 245 g/mol. The molecule has 0 spiro atoms. The van der Waals surface area contributed by atoms with Crippen molar-refractivity contribution in [3.8, 4) is 6.07 Å². The summed E-state index contributed by atoms with van der Waals surface area (Å²) in [6.45, 7) is 0.0450. The molecule has 1 unspecified atom stereocenters. The molecule has 0 aromatic heterocycles. The molecule has 6 nitrogen and oxygen atoms in total. The van der Waals surface area contributed by atoms with Crippen LogP contribution in [0.2, 0.25) is 0 Å². The van der Waals surface area contributed by atoms with Gasteiger partial charge in [0.05, 0.1) is 17.8 Å². The van der Waals surface area contributed by atoms with Gasteiger partial charge in [-0.3, -0.25) is 4.90 Å². The zero-order valence-corrected chi connectivity index (χ0v) is 9.70. The number of carboxylic acids is 1. The summed E-state index contributed by atoms with van der Waals surface area (Å²) in [5.74, 6) is -1.05. The maximum absolute atomic E-state index is 12.0. The normalized spacial score (nSPS) is 18.9. The zero-order chi connectivity index (χ0) is 13.3. The predicted octanol–water partition coefficient (Wildman–Crippen LogP) is 0.883. The smallest absolute Gasteiger partial charge is 0.328 e. The first-order valence-corrected chi connectivity index (χ1v) is 5.32. The number of anilines is 1. The minimum atomic E-state index is -1.05. The second-order valence-corrected chi connectivity index (χ2v) is 3.99. The van der Waals surface area contributed by atoms with Crippen LogP contribution in [0, 0.1) is 11.3 Å². The highest BCUT2D eigenvalue weighted by Crippen LogP contribution is 2.26. The molecule has 0 radical (unpaired) electrons. The summed E-state index contributed by atoms with van der Waals surface area (Å²) in [6, 6.07) is 7.32. The Labute approximate surface area is 104 Å². The number of carbonyl (C=O) groups excluding carboxylic acids is 1. The number of para-hydroxylation sites is 1. The summed E-state index contributed by atoms with van der Waals surface area (Å²) in [5, 5.41) is 18.0. The van der Waals surface area contributed by atoms with Crippen molar-refractivity contribution in [1.29, 1.82) is 5.26 Å². The van der Waals surface area contributed by atoms with Gasteiger partial charge in [-0.25, -0.2) is 9.59 Å². The van der Waals surface area contributed by atoms with Crippen LogP contribution in [-0.4, -0.2) is 41.6 Å². The molecule has 1 N–H and O–H groups in total. The van der Waals surface area contributed by atoms with Crippen LogP contribution in [0.5, 0.6) is 0 Å². The van der Waals surface area contributed by atoms with E-state index in [0.717, 1.165) is 4.90 Å². The fourth-order valence-corrected chi connectivity index (χ4v) is 1.95. The molecule has 2 rings (SSSR count). The van der Waals surface area contributed by atoms with Gasteiger partial charge in [0.2, 0.25) is 0 Å². The van der Waals surface area contributed by atoms with Gasteiger partial charge in [0.25, 0.3) is 0 Å². The summed E-state index contributed by atoms with van der Waals surface area (Å²) in [5.41, 5.74) is 0.797. The van der Waals surface area contributed by atoms with Crippen LogP contribution in [0.25, 0.3) is 0 Å². The Balaban J connectivity index is 2.39. The quantitative estimate of drug-likeness (QED) is 0.838. The molecule has 18 heavy (non-hydrogen) atoms. The van der Waals surface area contributed by atoms with Crippen molar-refractivity contribution < 1.29 is 14.7 Å². The van der Waals surface area contributed by atoms with Crippen LogP contribution in [0.3, 0.4) is 0 Å². The van der Waals surface area contributed by atoms with E-state index in [-0.39, 0.29) is 6.54 Å². The Hall–Kier alpha value is -2.55. The number of aliphatic carboxylic acids is 1. The topological polar surface area (TPSA) is 84.6 Å². The third-order valence-electron chi connectivity index (χ3n) is 2.96. The Morgan fingerprint density at radius 3 is 2.72 bits per heavy atom. The van der Waals surface area contributed by atoms with E-state index < -0.39 is 18.0 Å². The van der Waals surface area contributed by atoms with Crippen molar-refractivity contribution in [2.24, 2.45) is 0 Å². The maximum atomic E-state index is 12.0. The summed E-state index contributed by atoms with van der Waals surface area (Å²) < 4.78 is 0. The highest BCUT2D eigenvalue weighted by Gasteiger charge is 2.40. The standard InChI is InChI=1S/C12H11N3O3/c1-14-10(11(16)17)7-15(12(14)18)9-5-3-2-4-8(9)6-13/h2-5,10H,7H2,1H3,(H,16,17). The fourth-order valence-electron chi connectivity index (χ4n) is 1.95. The van der Waals surface area contributed by atoms with Gasteiger partial charge in [-0.05, 0) is 12.1 Å². The molecule has 0 bridgehead atoms. The number of benzene rings is 1. The van der Waals surface area contributed by atoms with Gasteiger partial charge >= 0.3 is 12.0 Å². The summed E-state index contributed by atoms with van der Waals surface area (Å²) >= 11 is 0. The van der Waals surface area contributed by atoms with Crippen LogP contribution in [-0.2, 0) is 4.79 Å². The van der Waals surface area contributed by atoms with Gasteiger partial charge < -0.3 is 10.0 Å². The highest BCUT2D eigenvalue weighted by atomic mass is 16.4. The first-order chi connectivity index (χ1) is 8.56. The first-order valence-electron chi connectivity index (χ1n) is 5.32. The second kappa shape index (κ2) is 4.37. The SMILES string of the molecule is CN1C(=O)N(c2ccccc2C#N)CC1C(=O)O. The Kier molecular flexibility index (Phi) is 2.90. The minimum absolute atomic E-state index is 0.0450. The number of urea groups is 1. The Morgan fingerprint density at radius 1 is 1.50 bits per heavy atom. The van der Waals surface area contributed by atoms with Crippen molar-refractivity contribution >= 4 is 17.7 Å². The van der Waals surface area contributed by atoms with Crippen molar-refractivity contribution in [3.63, 3.8) is 0 Å². The van der Waals surface area contributed by atoms with E-state index in [4.69, 9.17) is 10.4 Å². The Morgan fingerprint density at radius 2 is 2.17 bits per heavy atom. The van der Waals surface area contributed by atoms with E-state index in [9.17, 15) is 9.59 Å². The average Bonchev–Trinajstić information content (AvgIpc) is 2.66. The molecule has 92 valence electrons. The van der Waals surface area contributed by atoms with Crippen LogP contribution < -0.4 is 4.90 Å². The number of likely N-dealkylation sites (N-methyl/N-ethyl adjacent to an activating group) is 1. The number of carbonyl (C=O) groups is 2. The van der Waals surface area contributed by atoms with Crippen molar-refractivity contribution in [3.05, 3.63) is 29.8 Å². The molecule has 2 amide bonds. The molecule has 1 heterocycles. The van der Waals surface area contributed by atoms with Crippen molar-refractivity contribution in [1.82, 2.24) is 4.90 Å². The molecule has 6 heteroatoms. The van der Waals surface area contributed by atoms with Gasteiger partial charge in [0.15, 0.2) is 0 Å². The van der Waals surface area contributed by atoms with E-state index in [1.54, 1.807) is 24.3 Å². The molecule has 1 atom stereocenters. The van der Waals surface area contributed by atoms with E-state index >= 15 is 0 Å². The third kappa shape index (κ3) is 1.76. The number of carboxylic acid groups (broad SMARTS) is 1. The van der Waals surface area contributed by atoms with Gasteiger partial charge in [-0.2, -0.15) is 5.26 Å². The summed E-state index contributed by atoms with van der Waals surface area (Å²) in [6.07, 6.45) is 0. The molecule has 0 saturated carbocycles. The lowest BCUT2D eigenvalue weighted by Gasteiger charge is -2.16. The number of amides is 2. The van der Waals surface area contributed by atoms with Crippen LogP contribution >= 0.6 is 0 Å². The molecule has 1 aliphatic heterocycles. The molecule has 1 aromatic carbocycles. The summed E-state index contributed by atoms with van der Waals surface area (Å²) in [4.78, 5) is 25.5. The molecular weight excluding hydrogens is 234 g/mol. The van der Waals surface area contributed by atoms with E-state index in [2.05, 4.69) is 0 Å². The molecule has 1 fully saturated rings. The van der Waals surface area contributed by atoms with Gasteiger partial charge in [0, 0.05) is 7.05 Å². The largest absolute Gasteiger partial charge is 0.480 e. The lowest BCUT2D eigenvalue weighted by Crippen LogP contribution is -2.36. The molecule has 1 aromatic rings. The lowest BCUT2D eigenvalue weighted by molar-refractivity contribution is -0.140. The predicted molar refractivity (Wildman–Crippen MR) is 63.1 cm³/mol. The summed E-state index contributed by atoms with van der Waals surface area (Å²) in [7, 11) is 1.44. The van der Waals surface area contributed by atoms with Crippen molar-refractivity contribution in [2.75, 3.05) is 18.5 Å².